The molecule has 0 N–H and O–H groups in total. The zero-order chi connectivity index (χ0) is 32.3. The lowest BCUT2D eigenvalue weighted by molar-refractivity contribution is 0.125. The van der Waals surface area contributed by atoms with Crippen LogP contribution in [0.2, 0.25) is 0 Å². The predicted octanol–water partition coefficient (Wildman–Crippen LogP) is 11.3. The predicted molar refractivity (Wildman–Crippen MR) is 195 cm³/mol. The van der Waals surface area contributed by atoms with Crippen molar-refractivity contribution < 1.29 is 18.9 Å². The Morgan fingerprint density at radius 2 is 0.979 bits per heavy atom. The number of hydrogen-bond donors (Lipinski definition) is 0. The average molecular weight is 619 g/mol. The summed E-state index contributed by atoms with van der Waals surface area (Å²) in [6.07, 6.45) is 6.41. The Morgan fingerprint density at radius 3 is 1.36 bits per heavy atom. The molecule has 0 unspecified atom stereocenters. The van der Waals surface area contributed by atoms with Crippen molar-refractivity contribution in [2.24, 2.45) is 0 Å². The third kappa shape index (κ3) is 5.95. The minimum Gasteiger partial charge on any atom is -0.497 e. The van der Waals surface area contributed by atoms with Crippen LogP contribution in [0.25, 0.3) is 56.0 Å². The molecule has 1 heterocycles. The van der Waals surface area contributed by atoms with Crippen molar-refractivity contribution in [3.8, 4) is 34.1 Å². The van der Waals surface area contributed by atoms with Gasteiger partial charge in [-0.2, -0.15) is 0 Å². The minimum absolute atomic E-state index is 0.169. The summed E-state index contributed by atoms with van der Waals surface area (Å²) in [5.74, 6) is 3.38. The van der Waals surface area contributed by atoms with Gasteiger partial charge in [-0.25, -0.2) is 0 Å². The first-order valence-electron chi connectivity index (χ1n) is 16.2. The lowest BCUT2D eigenvalue weighted by Crippen LogP contribution is -2.03. The number of ether oxygens (including phenoxy) is 4. The van der Waals surface area contributed by atoms with E-state index in [0.717, 1.165) is 79.6 Å². The van der Waals surface area contributed by atoms with Gasteiger partial charge in [-0.05, 0) is 116 Å². The van der Waals surface area contributed by atoms with Gasteiger partial charge in [0.2, 0.25) is 6.79 Å². The first kappa shape index (κ1) is 30.2. The van der Waals surface area contributed by atoms with E-state index < -0.39 is 0 Å². The first-order chi connectivity index (χ1) is 23.1. The Morgan fingerprint density at radius 1 is 0.553 bits per heavy atom. The van der Waals surface area contributed by atoms with Gasteiger partial charge in [-0.3, -0.25) is 0 Å². The Bertz CT molecular complexity index is 1980. The molecule has 0 spiro atoms. The van der Waals surface area contributed by atoms with Crippen LogP contribution in [0.5, 0.6) is 23.0 Å². The summed E-state index contributed by atoms with van der Waals surface area (Å²) < 4.78 is 23.1. The van der Waals surface area contributed by atoms with E-state index in [1.807, 2.05) is 24.3 Å². The van der Waals surface area contributed by atoms with E-state index in [1.165, 1.54) is 22.3 Å². The maximum Gasteiger partial charge on any atom is 0.230 e. The standard InChI is InChI=1S/C43H38O4/c1-5-30(32-9-15-36(44-3)16-10-32)23-28-7-19-38-34(25-28)13-21-40-42(38)43-39-20-8-29(26-35(39)14-22-41(43)47-27-46-40)24-31(6-2)33-11-17-37(45-4)18-12-33/h7-26H,5-6,27H2,1-4H3/b30-23-,31-24-. The van der Waals surface area contributed by atoms with Crippen LogP contribution in [-0.2, 0) is 0 Å². The van der Waals surface area contributed by atoms with Gasteiger partial charge in [0.25, 0.3) is 0 Å². The van der Waals surface area contributed by atoms with Crippen molar-refractivity contribution in [2.75, 3.05) is 21.0 Å². The zero-order valence-corrected chi connectivity index (χ0v) is 27.3. The van der Waals surface area contributed by atoms with Crippen LogP contribution in [0.1, 0.15) is 48.9 Å². The van der Waals surface area contributed by atoms with E-state index in [0.29, 0.717) is 0 Å². The lowest BCUT2D eigenvalue weighted by atomic mass is 9.90. The molecule has 1 aliphatic rings. The molecule has 0 radical (unpaired) electrons. The van der Waals surface area contributed by atoms with Crippen molar-refractivity contribution in [3.63, 3.8) is 0 Å². The van der Waals surface area contributed by atoms with Crippen molar-refractivity contribution in [3.05, 3.63) is 131 Å². The molecule has 0 saturated heterocycles. The molecular weight excluding hydrogens is 580 g/mol. The molecule has 4 nitrogen and oxygen atoms in total. The minimum atomic E-state index is 0.169. The van der Waals surface area contributed by atoms with Gasteiger partial charge in [0.05, 0.1) is 14.2 Å². The van der Waals surface area contributed by atoms with Crippen LogP contribution in [0.3, 0.4) is 0 Å². The molecule has 0 amide bonds. The van der Waals surface area contributed by atoms with E-state index in [1.54, 1.807) is 14.2 Å². The number of allylic oxidation sites excluding steroid dienone is 2. The Balaban J connectivity index is 1.31. The zero-order valence-electron chi connectivity index (χ0n) is 27.3. The van der Waals surface area contributed by atoms with Crippen LogP contribution in [0, 0.1) is 0 Å². The third-order valence-electron chi connectivity index (χ3n) is 9.06. The van der Waals surface area contributed by atoms with E-state index in [9.17, 15) is 0 Å². The maximum absolute atomic E-state index is 6.17. The maximum atomic E-state index is 6.17. The second kappa shape index (κ2) is 13.1. The summed E-state index contributed by atoms with van der Waals surface area (Å²) in [7, 11) is 3.39. The Labute approximate surface area is 276 Å². The summed E-state index contributed by atoms with van der Waals surface area (Å²) in [6.45, 7) is 4.56. The molecule has 234 valence electrons. The summed E-state index contributed by atoms with van der Waals surface area (Å²) >= 11 is 0. The molecule has 7 rings (SSSR count). The van der Waals surface area contributed by atoms with Gasteiger partial charge in [0.15, 0.2) is 0 Å². The van der Waals surface area contributed by atoms with Gasteiger partial charge in [0.1, 0.15) is 23.0 Å². The second-order valence-corrected chi connectivity index (χ2v) is 11.7. The molecule has 6 aromatic rings. The van der Waals surface area contributed by atoms with Crippen molar-refractivity contribution >= 4 is 44.8 Å². The summed E-state index contributed by atoms with van der Waals surface area (Å²) in [5, 5.41) is 4.59. The van der Waals surface area contributed by atoms with Gasteiger partial charge in [0, 0.05) is 11.1 Å². The van der Waals surface area contributed by atoms with E-state index >= 15 is 0 Å². The van der Waals surface area contributed by atoms with Crippen LogP contribution in [0.15, 0.2) is 109 Å². The molecule has 0 aromatic heterocycles. The lowest BCUT2D eigenvalue weighted by Gasteiger charge is -2.15. The monoisotopic (exact) mass is 618 g/mol. The fourth-order valence-electron chi connectivity index (χ4n) is 6.54. The van der Waals surface area contributed by atoms with Crippen LogP contribution >= 0.6 is 0 Å². The normalized spacial score (nSPS) is 12.9. The van der Waals surface area contributed by atoms with Gasteiger partial charge >= 0.3 is 0 Å². The highest BCUT2D eigenvalue weighted by Gasteiger charge is 2.22. The largest absolute Gasteiger partial charge is 0.497 e. The molecule has 6 aromatic carbocycles. The molecule has 1 aliphatic heterocycles. The molecule has 47 heavy (non-hydrogen) atoms. The smallest absolute Gasteiger partial charge is 0.230 e. The van der Waals surface area contributed by atoms with E-state index in [4.69, 9.17) is 18.9 Å². The Hall–Kier alpha value is -5.48. The van der Waals surface area contributed by atoms with Crippen molar-refractivity contribution in [2.45, 2.75) is 26.7 Å². The van der Waals surface area contributed by atoms with Crippen LogP contribution in [0.4, 0.5) is 0 Å². The molecule has 0 saturated carbocycles. The topological polar surface area (TPSA) is 36.9 Å². The highest BCUT2D eigenvalue weighted by molar-refractivity contribution is 6.10. The molecule has 4 heteroatoms. The first-order valence-corrected chi connectivity index (χ1v) is 16.2. The number of hydrogen-bond acceptors (Lipinski definition) is 4. The second-order valence-electron chi connectivity index (χ2n) is 11.7. The summed E-state index contributed by atoms with van der Waals surface area (Å²) in [6, 6.07) is 38.4. The summed E-state index contributed by atoms with van der Waals surface area (Å²) in [5.41, 5.74) is 9.41. The highest BCUT2D eigenvalue weighted by Crippen LogP contribution is 2.47. The van der Waals surface area contributed by atoms with Gasteiger partial charge in [-0.1, -0.05) is 86.7 Å². The van der Waals surface area contributed by atoms with Crippen molar-refractivity contribution in [1.29, 1.82) is 0 Å². The Kier molecular flexibility index (Phi) is 8.41. The molecule has 0 fully saturated rings. The van der Waals surface area contributed by atoms with E-state index in [2.05, 4.69) is 111 Å². The third-order valence-corrected chi connectivity index (χ3v) is 9.06. The number of benzene rings is 6. The highest BCUT2D eigenvalue weighted by atomic mass is 16.7. The SMILES string of the molecule is CC/C(=C/c1ccc2c3c(ccc2c1)OCOc1ccc2cc(/C=C(/CC)c4ccc(OC)cc4)ccc2c1-3)c1ccc(OC)cc1. The number of rotatable bonds is 8. The van der Waals surface area contributed by atoms with Crippen LogP contribution in [-0.4, -0.2) is 21.0 Å². The van der Waals surface area contributed by atoms with Crippen molar-refractivity contribution in [1.82, 2.24) is 0 Å². The molecule has 0 bridgehead atoms. The van der Waals surface area contributed by atoms with E-state index in [-0.39, 0.29) is 6.79 Å². The molecule has 0 atom stereocenters. The van der Waals surface area contributed by atoms with Gasteiger partial charge in [-0.15, -0.1) is 0 Å². The fourth-order valence-corrected chi connectivity index (χ4v) is 6.54. The fraction of sp³-hybridized carbons (Fsp3) is 0.163. The number of methoxy groups -OCH3 is 2. The summed E-state index contributed by atoms with van der Waals surface area (Å²) in [4.78, 5) is 0. The molecule has 0 aliphatic carbocycles. The quantitative estimate of drug-likeness (QED) is 0.159. The number of fused-ring (bicyclic) bond motifs is 7. The average Bonchev–Trinajstić information content (AvgIpc) is 3.32. The molecular formula is C43H38O4. The van der Waals surface area contributed by atoms with Crippen LogP contribution < -0.4 is 18.9 Å². The van der Waals surface area contributed by atoms with Gasteiger partial charge < -0.3 is 18.9 Å².